The Morgan fingerprint density at radius 1 is 0.852 bits per heavy atom. The summed E-state index contributed by atoms with van der Waals surface area (Å²) in [5, 5.41) is 5.55. The molecule has 2 amide bonds. The molecule has 0 fully saturated rings. The number of ketones is 1. The Kier molecular flexibility index (Phi) is 5.17. The summed E-state index contributed by atoms with van der Waals surface area (Å²) in [6.45, 7) is 3.28. The number of rotatable bonds is 5. The maximum absolute atomic E-state index is 12.4. The molecule has 1 heterocycles. The highest BCUT2D eigenvalue weighted by Gasteiger charge is 2.12. The summed E-state index contributed by atoms with van der Waals surface area (Å²) < 4.78 is 5.07. The molecule has 0 saturated heterocycles. The Morgan fingerprint density at radius 3 is 2.30 bits per heavy atom. The minimum atomic E-state index is -0.346. The summed E-state index contributed by atoms with van der Waals surface area (Å²) in [6, 6.07) is 14.9. The average Bonchev–Trinajstić information content (AvgIpc) is 3.19. The molecule has 0 unspecified atom stereocenters. The second-order valence-corrected chi connectivity index (χ2v) is 6.05. The van der Waals surface area contributed by atoms with Crippen LogP contribution in [0.25, 0.3) is 0 Å². The van der Waals surface area contributed by atoms with Crippen LogP contribution in [0, 0.1) is 6.92 Å². The van der Waals surface area contributed by atoms with Gasteiger partial charge in [-0.2, -0.15) is 0 Å². The Labute approximate surface area is 156 Å². The number of hydrogen-bond acceptors (Lipinski definition) is 4. The van der Waals surface area contributed by atoms with Crippen molar-refractivity contribution in [3.8, 4) is 0 Å². The summed E-state index contributed by atoms with van der Waals surface area (Å²) in [6.07, 6.45) is 1.43. The zero-order valence-electron chi connectivity index (χ0n) is 14.9. The second kappa shape index (κ2) is 7.70. The van der Waals surface area contributed by atoms with Gasteiger partial charge in [0.05, 0.1) is 6.26 Å². The van der Waals surface area contributed by atoms with Crippen LogP contribution in [0.5, 0.6) is 0 Å². The third kappa shape index (κ3) is 4.30. The summed E-state index contributed by atoms with van der Waals surface area (Å²) in [5.74, 6) is -0.542. The molecular weight excluding hydrogens is 344 g/mol. The van der Waals surface area contributed by atoms with Gasteiger partial charge in [0.25, 0.3) is 11.8 Å². The van der Waals surface area contributed by atoms with Gasteiger partial charge in [-0.25, -0.2) is 0 Å². The normalized spacial score (nSPS) is 10.3. The number of Topliss-reactive ketones (excluding diaryl/α,β-unsaturated/α-hetero) is 1. The minimum Gasteiger partial charge on any atom is -0.459 e. The van der Waals surface area contributed by atoms with Crippen molar-refractivity contribution in [2.75, 3.05) is 10.6 Å². The van der Waals surface area contributed by atoms with Gasteiger partial charge in [-0.3, -0.25) is 14.4 Å². The van der Waals surface area contributed by atoms with E-state index in [1.807, 2.05) is 6.92 Å². The Morgan fingerprint density at radius 2 is 1.63 bits per heavy atom. The lowest BCUT2D eigenvalue weighted by molar-refractivity contribution is 0.0992. The fourth-order valence-electron chi connectivity index (χ4n) is 2.56. The molecule has 0 aliphatic carbocycles. The van der Waals surface area contributed by atoms with Crippen molar-refractivity contribution >= 4 is 29.0 Å². The zero-order chi connectivity index (χ0) is 19.4. The molecule has 0 saturated carbocycles. The van der Waals surface area contributed by atoms with E-state index in [0.717, 1.165) is 5.56 Å². The van der Waals surface area contributed by atoms with Crippen LogP contribution < -0.4 is 10.6 Å². The number of anilines is 2. The number of aryl methyl sites for hydroxylation is 1. The number of benzene rings is 2. The standard InChI is InChI=1S/C21H18N2O4/c1-13-11-17(8-9-18(13)23-21(26)19-7-4-10-27-19)22-20(25)16-6-3-5-15(12-16)14(2)24/h3-12H,1-2H3,(H,22,25)(H,23,26). The first-order valence-electron chi connectivity index (χ1n) is 8.32. The van der Waals surface area contributed by atoms with Crippen LogP contribution >= 0.6 is 0 Å². The zero-order valence-corrected chi connectivity index (χ0v) is 14.9. The van der Waals surface area contributed by atoms with Gasteiger partial charge in [0.1, 0.15) is 0 Å². The molecule has 27 heavy (non-hydrogen) atoms. The van der Waals surface area contributed by atoms with Crippen molar-refractivity contribution in [1.82, 2.24) is 0 Å². The largest absolute Gasteiger partial charge is 0.459 e. The average molecular weight is 362 g/mol. The Bertz CT molecular complexity index is 1010. The summed E-state index contributed by atoms with van der Waals surface area (Å²) >= 11 is 0. The molecule has 2 aromatic carbocycles. The highest BCUT2D eigenvalue weighted by atomic mass is 16.3. The molecule has 1 aromatic heterocycles. The topological polar surface area (TPSA) is 88.4 Å². The van der Waals surface area contributed by atoms with Crippen LogP contribution in [0.1, 0.15) is 43.8 Å². The van der Waals surface area contributed by atoms with Gasteiger partial charge in [0, 0.05) is 22.5 Å². The Balaban J connectivity index is 1.72. The van der Waals surface area contributed by atoms with E-state index in [1.54, 1.807) is 54.6 Å². The van der Waals surface area contributed by atoms with Crippen molar-refractivity contribution in [2.45, 2.75) is 13.8 Å². The van der Waals surface area contributed by atoms with Gasteiger partial charge >= 0.3 is 0 Å². The van der Waals surface area contributed by atoms with E-state index >= 15 is 0 Å². The monoisotopic (exact) mass is 362 g/mol. The third-order valence-corrected chi connectivity index (χ3v) is 4.01. The number of furan rings is 1. The fraction of sp³-hybridized carbons (Fsp3) is 0.0952. The van der Waals surface area contributed by atoms with Crippen molar-refractivity contribution in [3.05, 3.63) is 83.3 Å². The van der Waals surface area contributed by atoms with Crippen LogP contribution in [-0.4, -0.2) is 17.6 Å². The first kappa shape index (κ1) is 18.1. The summed E-state index contributed by atoms with van der Waals surface area (Å²) in [4.78, 5) is 35.9. The smallest absolute Gasteiger partial charge is 0.291 e. The predicted octanol–water partition coefficient (Wildman–Crippen LogP) is 4.30. The molecule has 0 spiro atoms. The van der Waals surface area contributed by atoms with Crippen LogP contribution in [0.15, 0.2) is 65.3 Å². The van der Waals surface area contributed by atoms with Gasteiger partial charge < -0.3 is 15.1 Å². The molecule has 6 heteroatoms. The van der Waals surface area contributed by atoms with Crippen molar-refractivity contribution in [1.29, 1.82) is 0 Å². The quantitative estimate of drug-likeness (QED) is 0.663. The number of carbonyl (C=O) groups is 3. The fourth-order valence-corrected chi connectivity index (χ4v) is 2.56. The predicted molar refractivity (Wildman–Crippen MR) is 102 cm³/mol. The van der Waals surface area contributed by atoms with Crippen LogP contribution in [0.2, 0.25) is 0 Å². The van der Waals surface area contributed by atoms with Crippen LogP contribution in [0.3, 0.4) is 0 Å². The van der Waals surface area contributed by atoms with E-state index in [1.165, 1.54) is 13.2 Å². The van der Waals surface area contributed by atoms with Crippen molar-refractivity contribution in [2.24, 2.45) is 0 Å². The molecule has 3 aromatic rings. The van der Waals surface area contributed by atoms with Gasteiger partial charge in [-0.15, -0.1) is 0 Å². The second-order valence-electron chi connectivity index (χ2n) is 6.05. The minimum absolute atomic E-state index is 0.0999. The molecule has 0 atom stereocenters. The SMILES string of the molecule is CC(=O)c1cccc(C(=O)Nc2ccc(NC(=O)c3ccco3)c(C)c2)c1. The third-order valence-electron chi connectivity index (χ3n) is 4.01. The summed E-state index contributed by atoms with van der Waals surface area (Å²) in [5.41, 5.74) is 2.87. The molecule has 0 bridgehead atoms. The number of amides is 2. The van der Waals surface area contributed by atoms with E-state index < -0.39 is 0 Å². The molecule has 0 aliphatic rings. The lowest BCUT2D eigenvalue weighted by Crippen LogP contribution is -2.14. The summed E-state index contributed by atoms with van der Waals surface area (Å²) in [7, 11) is 0. The highest BCUT2D eigenvalue weighted by molar-refractivity contribution is 6.06. The first-order valence-corrected chi connectivity index (χ1v) is 8.32. The molecule has 0 aliphatic heterocycles. The van der Waals surface area contributed by atoms with E-state index in [0.29, 0.717) is 22.5 Å². The number of hydrogen-bond donors (Lipinski definition) is 2. The maximum Gasteiger partial charge on any atom is 0.291 e. The van der Waals surface area contributed by atoms with E-state index in [2.05, 4.69) is 10.6 Å². The van der Waals surface area contributed by atoms with Crippen LogP contribution in [0.4, 0.5) is 11.4 Å². The molecular formula is C21H18N2O4. The molecule has 2 N–H and O–H groups in total. The lowest BCUT2D eigenvalue weighted by Gasteiger charge is -2.11. The van der Waals surface area contributed by atoms with E-state index in [-0.39, 0.29) is 23.4 Å². The molecule has 6 nitrogen and oxygen atoms in total. The molecule has 3 rings (SSSR count). The first-order chi connectivity index (χ1) is 12.9. The van der Waals surface area contributed by atoms with Gasteiger partial charge in [0.15, 0.2) is 11.5 Å². The maximum atomic E-state index is 12.4. The highest BCUT2D eigenvalue weighted by Crippen LogP contribution is 2.21. The number of carbonyl (C=O) groups excluding carboxylic acids is 3. The van der Waals surface area contributed by atoms with Crippen LogP contribution in [-0.2, 0) is 0 Å². The van der Waals surface area contributed by atoms with Gasteiger partial charge in [0.2, 0.25) is 0 Å². The molecule has 0 radical (unpaired) electrons. The van der Waals surface area contributed by atoms with Crippen molar-refractivity contribution in [3.63, 3.8) is 0 Å². The van der Waals surface area contributed by atoms with Crippen molar-refractivity contribution < 1.29 is 18.8 Å². The molecule has 136 valence electrons. The van der Waals surface area contributed by atoms with Gasteiger partial charge in [-0.1, -0.05) is 12.1 Å². The lowest BCUT2D eigenvalue weighted by atomic mass is 10.1. The van der Waals surface area contributed by atoms with Gasteiger partial charge in [-0.05, 0) is 61.9 Å². The van der Waals surface area contributed by atoms with E-state index in [4.69, 9.17) is 4.42 Å². The number of nitrogens with one attached hydrogen (secondary N) is 2. The Hall–Kier alpha value is -3.67. The van der Waals surface area contributed by atoms with E-state index in [9.17, 15) is 14.4 Å².